The minimum absolute atomic E-state index is 0.0617. The summed E-state index contributed by atoms with van der Waals surface area (Å²) in [5.74, 6) is -0.618. The average Bonchev–Trinajstić information content (AvgIpc) is 2.31. The van der Waals surface area contributed by atoms with Crippen LogP contribution in [0.25, 0.3) is 0 Å². The molecule has 0 aliphatic heterocycles. The van der Waals surface area contributed by atoms with Gasteiger partial charge in [0.25, 0.3) is 9.76 Å². The van der Waals surface area contributed by atoms with Crippen LogP contribution in [0.2, 0.25) is 0 Å². The Balaban J connectivity index is 4.26. The second-order valence-electron chi connectivity index (χ2n) is 5.07. The predicted molar refractivity (Wildman–Crippen MR) is 79.5 cm³/mol. The number of hydrogen-bond donors (Lipinski definition) is 0. The molecule has 0 heterocycles. The summed E-state index contributed by atoms with van der Waals surface area (Å²) in [4.78, 5) is 11.8. The lowest BCUT2D eigenvalue weighted by atomic mass is 10.2. The Morgan fingerprint density at radius 3 is 2.11 bits per heavy atom. The highest BCUT2D eigenvalue weighted by Gasteiger charge is 2.17. The number of rotatable bonds is 9. The van der Waals surface area contributed by atoms with Crippen molar-refractivity contribution in [1.82, 2.24) is 0 Å². The first-order valence-corrected chi connectivity index (χ1v) is 8.41. The maximum absolute atomic E-state index is 11.8. The van der Waals surface area contributed by atoms with E-state index in [9.17, 15) is 4.79 Å². The molecule has 0 aromatic carbocycles. The molecule has 0 N–H and O–H groups in total. The van der Waals surface area contributed by atoms with Crippen molar-refractivity contribution in [2.45, 2.75) is 72.5 Å². The van der Waals surface area contributed by atoms with Gasteiger partial charge < -0.3 is 13.9 Å². The lowest BCUT2D eigenvalue weighted by Gasteiger charge is -2.22. The van der Waals surface area contributed by atoms with Crippen LogP contribution in [-0.2, 0) is 18.7 Å². The summed E-state index contributed by atoms with van der Waals surface area (Å²) >= 11 is 0. The molecule has 0 aliphatic rings. The standard InChI is InChI=1S/C14H28O4Si/c1-7-8-9-12(6)13(15)18-19-14(16-10(2)3)17-11(4)5/h9-11,14H,7-8,19H2,1-6H3. The predicted octanol–water partition coefficient (Wildman–Crippen LogP) is 2.49. The quantitative estimate of drug-likeness (QED) is 0.371. The van der Waals surface area contributed by atoms with Crippen LogP contribution >= 0.6 is 0 Å². The maximum Gasteiger partial charge on any atom is 0.319 e. The van der Waals surface area contributed by atoms with Crippen molar-refractivity contribution < 1.29 is 18.7 Å². The van der Waals surface area contributed by atoms with E-state index in [0.29, 0.717) is 5.57 Å². The van der Waals surface area contributed by atoms with Crippen LogP contribution < -0.4 is 0 Å². The maximum atomic E-state index is 11.8. The monoisotopic (exact) mass is 288 g/mol. The largest absolute Gasteiger partial charge is 0.516 e. The van der Waals surface area contributed by atoms with Crippen LogP contribution in [0.3, 0.4) is 0 Å². The molecule has 0 aromatic heterocycles. The van der Waals surface area contributed by atoms with Crippen LogP contribution in [0.4, 0.5) is 0 Å². The number of carbonyl (C=O) groups is 1. The van der Waals surface area contributed by atoms with Crippen LogP contribution in [0.1, 0.15) is 54.4 Å². The van der Waals surface area contributed by atoms with Crippen molar-refractivity contribution >= 4 is 15.7 Å². The average molecular weight is 288 g/mol. The second kappa shape index (κ2) is 10.2. The van der Waals surface area contributed by atoms with E-state index in [2.05, 4.69) is 6.92 Å². The third kappa shape index (κ3) is 9.87. The molecule has 0 saturated heterocycles. The van der Waals surface area contributed by atoms with Gasteiger partial charge in [0.2, 0.25) is 0 Å². The van der Waals surface area contributed by atoms with Gasteiger partial charge in [0.05, 0.1) is 12.2 Å². The SMILES string of the molecule is CCCC=C(C)C(=O)O[SiH2]C(OC(C)C)OC(C)C. The lowest BCUT2D eigenvalue weighted by Crippen LogP contribution is -2.33. The molecule has 0 fully saturated rings. The van der Waals surface area contributed by atoms with Gasteiger partial charge >= 0.3 is 5.97 Å². The normalized spacial score (nSPS) is 13.2. The van der Waals surface area contributed by atoms with Crippen LogP contribution in [-0.4, -0.2) is 33.9 Å². The fourth-order valence-corrected chi connectivity index (χ4v) is 2.86. The second-order valence-corrected chi connectivity index (χ2v) is 6.36. The zero-order chi connectivity index (χ0) is 14.8. The molecule has 0 spiro atoms. The Hall–Kier alpha value is -0.653. The Labute approximate surface area is 119 Å². The first-order valence-electron chi connectivity index (χ1n) is 7.01. The van der Waals surface area contributed by atoms with Gasteiger partial charge in [0.1, 0.15) is 0 Å². The lowest BCUT2D eigenvalue weighted by molar-refractivity contribution is -0.146. The summed E-state index contributed by atoms with van der Waals surface area (Å²) in [6, 6.07) is 0. The highest BCUT2D eigenvalue weighted by Crippen LogP contribution is 2.06. The van der Waals surface area contributed by atoms with Gasteiger partial charge in [-0.15, -0.1) is 0 Å². The van der Waals surface area contributed by atoms with Crippen molar-refractivity contribution in [2.75, 3.05) is 0 Å². The van der Waals surface area contributed by atoms with Crippen molar-refractivity contribution in [3.05, 3.63) is 11.6 Å². The summed E-state index contributed by atoms with van der Waals surface area (Å²) < 4.78 is 16.6. The van der Waals surface area contributed by atoms with E-state index >= 15 is 0 Å². The van der Waals surface area contributed by atoms with Gasteiger partial charge in [-0.1, -0.05) is 19.4 Å². The van der Waals surface area contributed by atoms with Gasteiger partial charge in [-0.05, 0) is 41.0 Å². The summed E-state index contributed by atoms with van der Waals surface area (Å²) in [7, 11) is -1.21. The van der Waals surface area contributed by atoms with Crippen molar-refractivity contribution in [3.63, 3.8) is 0 Å². The highest BCUT2D eigenvalue weighted by atomic mass is 28.2. The van der Waals surface area contributed by atoms with Crippen LogP contribution in [0.5, 0.6) is 0 Å². The summed E-state index contributed by atoms with van der Waals surface area (Å²) in [5.41, 5.74) is 0.669. The van der Waals surface area contributed by atoms with E-state index in [1.54, 1.807) is 6.92 Å². The molecule has 0 radical (unpaired) electrons. The molecule has 112 valence electrons. The Bertz CT molecular complexity index is 277. The third-order valence-electron chi connectivity index (χ3n) is 2.26. The van der Waals surface area contributed by atoms with Crippen molar-refractivity contribution in [3.8, 4) is 0 Å². The van der Waals surface area contributed by atoms with E-state index in [1.807, 2.05) is 33.8 Å². The van der Waals surface area contributed by atoms with Gasteiger partial charge in [-0.3, -0.25) is 0 Å². The van der Waals surface area contributed by atoms with E-state index in [0.717, 1.165) is 12.8 Å². The van der Waals surface area contributed by atoms with Gasteiger partial charge in [-0.25, -0.2) is 4.79 Å². The topological polar surface area (TPSA) is 44.8 Å². The smallest absolute Gasteiger partial charge is 0.319 e. The molecule has 4 nitrogen and oxygen atoms in total. The van der Waals surface area contributed by atoms with Crippen molar-refractivity contribution in [2.24, 2.45) is 0 Å². The first-order chi connectivity index (χ1) is 8.86. The van der Waals surface area contributed by atoms with Crippen LogP contribution in [0, 0.1) is 0 Å². The molecular formula is C14H28O4Si. The van der Waals surface area contributed by atoms with E-state index in [-0.39, 0.29) is 24.1 Å². The number of unbranched alkanes of at least 4 members (excludes halogenated alkanes) is 1. The van der Waals surface area contributed by atoms with Crippen molar-refractivity contribution in [1.29, 1.82) is 0 Å². The Morgan fingerprint density at radius 1 is 1.16 bits per heavy atom. The first kappa shape index (κ1) is 18.3. The van der Waals surface area contributed by atoms with Crippen LogP contribution in [0.15, 0.2) is 11.6 Å². The Morgan fingerprint density at radius 2 is 1.68 bits per heavy atom. The molecule has 0 amide bonds. The molecule has 19 heavy (non-hydrogen) atoms. The number of allylic oxidation sites excluding steroid dienone is 1. The van der Waals surface area contributed by atoms with E-state index < -0.39 is 9.76 Å². The number of hydrogen-bond acceptors (Lipinski definition) is 4. The molecule has 0 unspecified atom stereocenters. The summed E-state index contributed by atoms with van der Waals surface area (Å²) in [6.45, 7) is 11.6. The molecule has 5 heteroatoms. The minimum atomic E-state index is -1.21. The molecule has 0 aromatic rings. The molecule has 0 aliphatic carbocycles. The fraction of sp³-hybridized carbons (Fsp3) is 0.786. The van der Waals surface area contributed by atoms with E-state index in [4.69, 9.17) is 13.9 Å². The molecule has 0 atom stereocenters. The third-order valence-corrected chi connectivity index (χ3v) is 3.35. The zero-order valence-electron chi connectivity index (χ0n) is 13.1. The molecule has 0 rings (SSSR count). The van der Waals surface area contributed by atoms with Gasteiger partial charge in [-0.2, -0.15) is 0 Å². The Kier molecular flexibility index (Phi) is 9.82. The number of ether oxygens (including phenoxy) is 2. The zero-order valence-corrected chi connectivity index (χ0v) is 14.5. The fourth-order valence-electron chi connectivity index (χ4n) is 1.42. The van der Waals surface area contributed by atoms with Gasteiger partial charge in [0, 0.05) is 5.57 Å². The molecule has 0 bridgehead atoms. The van der Waals surface area contributed by atoms with Gasteiger partial charge in [0.15, 0.2) is 5.91 Å². The minimum Gasteiger partial charge on any atom is -0.516 e. The highest BCUT2D eigenvalue weighted by molar-refractivity contribution is 6.32. The number of carbonyl (C=O) groups excluding carboxylic acids is 1. The molecule has 0 saturated carbocycles. The summed E-state index contributed by atoms with van der Waals surface area (Å²) in [5, 5.41) is 0. The molecular weight excluding hydrogens is 260 g/mol. The van der Waals surface area contributed by atoms with E-state index in [1.165, 1.54) is 0 Å². The summed E-state index contributed by atoms with van der Waals surface area (Å²) in [6.07, 6.45) is 3.96.